The molecule has 0 saturated carbocycles. The molecule has 1 aliphatic heterocycles. The standard InChI is InChI=1S/C15H24N2/c1-10-7-11(2)14(12(3)8-10)9-17-6-5-15(16)13(17)4/h7-8,13,15H,5-6,9,16H2,1-4H3. The minimum Gasteiger partial charge on any atom is -0.326 e. The van der Waals surface area contributed by atoms with Gasteiger partial charge in [0.25, 0.3) is 0 Å². The number of hydrogen-bond donors (Lipinski definition) is 1. The van der Waals surface area contributed by atoms with Gasteiger partial charge in [0.1, 0.15) is 0 Å². The van der Waals surface area contributed by atoms with E-state index in [0.717, 1.165) is 19.5 Å². The highest BCUT2D eigenvalue weighted by Gasteiger charge is 2.28. The molecule has 1 aromatic rings. The summed E-state index contributed by atoms with van der Waals surface area (Å²) in [6.45, 7) is 11.0. The third-order valence-corrected chi connectivity index (χ3v) is 4.15. The van der Waals surface area contributed by atoms with Crippen LogP contribution in [0.2, 0.25) is 0 Å². The van der Waals surface area contributed by atoms with Gasteiger partial charge < -0.3 is 5.73 Å². The maximum Gasteiger partial charge on any atom is 0.0242 e. The van der Waals surface area contributed by atoms with Crippen molar-refractivity contribution < 1.29 is 0 Å². The quantitative estimate of drug-likeness (QED) is 0.849. The fourth-order valence-corrected chi connectivity index (χ4v) is 2.92. The maximum absolute atomic E-state index is 6.08. The molecule has 1 aliphatic rings. The van der Waals surface area contributed by atoms with Crippen molar-refractivity contribution >= 4 is 0 Å². The van der Waals surface area contributed by atoms with E-state index >= 15 is 0 Å². The molecule has 0 bridgehead atoms. The van der Waals surface area contributed by atoms with Gasteiger partial charge in [-0.1, -0.05) is 17.7 Å². The van der Waals surface area contributed by atoms with Crippen LogP contribution in [-0.4, -0.2) is 23.5 Å². The van der Waals surface area contributed by atoms with E-state index in [2.05, 4.69) is 44.7 Å². The van der Waals surface area contributed by atoms with Crippen molar-refractivity contribution in [2.45, 2.75) is 52.7 Å². The lowest BCUT2D eigenvalue weighted by Gasteiger charge is -2.25. The molecule has 0 radical (unpaired) electrons. The minimum absolute atomic E-state index is 0.348. The van der Waals surface area contributed by atoms with Gasteiger partial charge in [-0.25, -0.2) is 0 Å². The summed E-state index contributed by atoms with van der Waals surface area (Å²) >= 11 is 0. The first kappa shape index (κ1) is 12.6. The third kappa shape index (κ3) is 2.53. The highest BCUT2D eigenvalue weighted by Crippen LogP contribution is 2.23. The lowest BCUT2D eigenvalue weighted by molar-refractivity contribution is 0.251. The summed E-state index contributed by atoms with van der Waals surface area (Å²) in [5, 5.41) is 0. The second kappa shape index (κ2) is 4.79. The number of likely N-dealkylation sites (tertiary alicyclic amines) is 1. The Kier molecular flexibility index (Phi) is 3.55. The van der Waals surface area contributed by atoms with E-state index in [1.54, 1.807) is 0 Å². The summed E-state index contributed by atoms with van der Waals surface area (Å²) in [6.07, 6.45) is 1.13. The molecule has 17 heavy (non-hydrogen) atoms. The van der Waals surface area contributed by atoms with Gasteiger partial charge in [0, 0.05) is 25.2 Å². The summed E-state index contributed by atoms with van der Waals surface area (Å²) in [5.74, 6) is 0. The average Bonchev–Trinajstić information content (AvgIpc) is 2.54. The van der Waals surface area contributed by atoms with Crippen LogP contribution in [0.3, 0.4) is 0 Å². The van der Waals surface area contributed by atoms with Crippen LogP contribution in [0.15, 0.2) is 12.1 Å². The predicted octanol–water partition coefficient (Wildman–Crippen LogP) is 2.53. The van der Waals surface area contributed by atoms with Crippen LogP contribution in [0.1, 0.15) is 35.6 Å². The summed E-state index contributed by atoms with van der Waals surface area (Å²) in [6, 6.07) is 5.42. The fraction of sp³-hybridized carbons (Fsp3) is 0.600. The molecule has 2 nitrogen and oxygen atoms in total. The zero-order chi connectivity index (χ0) is 12.6. The summed E-state index contributed by atoms with van der Waals surface area (Å²) in [7, 11) is 0. The monoisotopic (exact) mass is 232 g/mol. The molecule has 94 valence electrons. The Bertz CT molecular complexity index is 388. The molecule has 1 fully saturated rings. The first-order valence-corrected chi connectivity index (χ1v) is 6.55. The molecular weight excluding hydrogens is 208 g/mol. The van der Waals surface area contributed by atoms with Crippen LogP contribution in [0.5, 0.6) is 0 Å². The zero-order valence-electron chi connectivity index (χ0n) is 11.5. The molecule has 2 unspecified atom stereocenters. The van der Waals surface area contributed by atoms with Crippen molar-refractivity contribution in [2.24, 2.45) is 5.73 Å². The van der Waals surface area contributed by atoms with Gasteiger partial charge in [0.05, 0.1) is 0 Å². The molecule has 2 N–H and O–H groups in total. The minimum atomic E-state index is 0.348. The Balaban J connectivity index is 2.19. The molecular formula is C15H24N2. The van der Waals surface area contributed by atoms with Crippen LogP contribution in [0.4, 0.5) is 0 Å². The van der Waals surface area contributed by atoms with Crippen LogP contribution in [-0.2, 0) is 6.54 Å². The van der Waals surface area contributed by atoms with Gasteiger partial charge in [0.2, 0.25) is 0 Å². The smallest absolute Gasteiger partial charge is 0.0242 e. The van der Waals surface area contributed by atoms with Gasteiger partial charge in [0.15, 0.2) is 0 Å². The number of rotatable bonds is 2. The molecule has 0 amide bonds. The SMILES string of the molecule is Cc1cc(C)c(CN2CCC(N)C2C)c(C)c1. The van der Waals surface area contributed by atoms with Crippen LogP contribution < -0.4 is 5.73 Å². The van der Waals surface area contributed by atoms with Gasteiger partial charge in [-0.05, 0) is 50.8 Å². The molecule has 1 heterocycles. The highest BCUT2D eigenvalue weighted by atomic mass is 15.2. The van der Waals surface area contributed by atoms with E-state index in [1.807, 2.05) is 0 Å². The van der Waals surface area contributed by atoms with E-state index in [4.69, 9.17) is 5.73 Å². The van der Waals surface area contributed by atoms with Crippen molar-refractivity contribution in [3.8, 4) is 0 Å². The zero-order valence-corrected chi connectivity index (χ0v) is 11.5. The van der Waals surface area contributed by atoms with Crippen molar-refractivity contribution in [1.82, 2.24) is 4.90 Å². The highest BCUT2D eigenvalue weighted by molar-refractivity contribution is 5.37. The van der Waals surface area contributed by atoms with Crippen molar-refractivity contribution in [1.29, 1.82) is 0 Å². The van der Waals surface area contributed by atoms with Crippen molar-refractivity contribution in [2.75, 3.05) is 6.54 Å². The normalized spacial score (nSPS) is 25.5. The maximum atomic E-state index is 6.08. The van der Waals surface area contributed by atoms with Gasteiger partial charge in [-0.3, -0.25) is 4.90 Å². The molecule has 0 aromatic heterocycles. The van der Waals surface area contributed by atoms with Crippen LogP contribution >= 0.6 is 0 Å². The molecule has 1 aromatic carbocycles. The Labute approximate surface area is 105 Å². The van der Waals surface area contributed by atoms with Gasteiger partial charge in [-0.15, -0.1) is 0 Å². The lowest BCUT2D eigenvalue weighted by Crippen LogP contribution is -2.36. The molecule has 1 saturated heterocycles. The molecule has 0 spiro atoms. The summed E-state index contributed by atoms with van der Waals surface area (Å²) in [5.41, 5.74) is 11.7. The summed E-state index contributed by atoms with van der Waals surface area (Å²) in [4.78, 5) is 2.51. The molecule has 2 heteroatoms. The Morgan fingerprint density at radius 1 is 1.24 bits per heavy atom. The molecule has 2 atom stereocenters. The van der Waals surface area contributed by atoms with E-state index in [1.165, 1.54) is 22.3 Å². The van der Waals surface area contributed by atoms with E-state index in [0.29, 0.717) is 12.1 Å². The number of benzene rings is 1. The predicted molar refractivity (Wildman–Crippen MR) is 73.1 cm³/mol. The second-order valence-corrected chi connectivity index (χ2v) is 5.54. The molecule has 2 rings (SSSR count). The first-order valence-electron chi connectivity index (χ1n) is 6.55. The fourth-order valence-electron chi connectivity index (χ4n) is 2.92. The number of hydrogen-bond acceptors (Lipinski definition) is 2. The Hall–Kier alpha value is -0.860. The van der Waals surface area contributed by atoms with Crippen molar-refractivity contribution in [3.05, 3.63) is 34.4 Å². The Morgan fingerprint density at radius 2 is 1.82 bits per heavy atom. The Morgan fingerprint density at radius 3 is 2.29 bits per heavy atom. The number of aryl methyl sites for hydroxylation is 3. The lowest BCUT2D eigenvalue weighted by atomic mass is 9.99. The molecule has 0 aliphatic carbocycles. The number of nitrogens with zero attached hydrogens (tertiary/aromatic N) is 1. The number of nitrogens with two attached hydrogens (primary N) is 1. The second-order valence-electron chi connectivity index (χ2n) is 5.54. The van der Waals surface area contributed by atoms with Crippen molar-refractivity contribution in [3.63, 3.8) is 0 Å². The van der Waals surface area contributed by atoms with E-state index < -0.39 is 0 Å². The average molecular weight is 232 g/mol. The topological polar surface area (TPSA) is 29.3 Å². The third-order valence-electron chi connectivity index (χ3n) is 4.15. The van der Waals surface area contributed by atoms with Crippen LogP contribution in [0.25, 0.3) is 0 Å². The largest absolute Gasteiger partial charge is 0.326 e. The van der Waals surface area contributed by atoms with E-state index in [9.17, 15) is 0 Å². The summed E-state index contributed by atoms with van der Waals surface area (Å²) < 4.78 is 0. The first-order chi connectivity index (χ1) is 7.99. The van der Waals surface area contributed by atoms with Gasteiger partial charge in [-0.2, -0.15) is 0 Å². The van der Waals surface area contributed by atoms with E-state index in [-0.39, 0.29) is 0 Å². The van der Waals surface area contributed by atoms with Crippen LogP contribution in [0, 0.1) is 20.8 Å². The van der Waals surface area contributed by atoms with Gasteiger partial charge >= 0.3 is 0 Å².